The second-order valence-corrected chi connectivity index (χ2v) is 5.25. The van der Waals surface area contributed by atoms with Crippen molar-refractivity contribution >= 4 is 21.7 Å². The summed E-state index contributed by atoms with van der Waals surface area (Å²) in [5.41, 5.74) is 8.54. The number of halogens is 1. The van der Waals surface area contributed by atoms with Crippen LogP contribution in [0.1, 0.15) is 22.8 Å². The van der Waals surface area contributed by atoms with Crippen molar-refractivity contribution in [2.75, 3.05) is 5.73 Å². The van der Waals surface area contributed by atoms with Crippen molar-refractivity contribution in [2.24, 2.45) is 0 Å². The van der Waals surface area contributed by atoms with E-state index < -0.39 is 6.10 Å². The third kappa shape index (κ3) is 3.09. The van der Waals surface area contributed by atoms with Gasteiger partial charge in [0.05, 0.1) is 6.10 Å². The molecule has 0 fully saturated rings. The molecule has 1 heterocycles. The molecule has 1 atom stereocenters. The Bertz CT molecular complexity index is 540. The van der Waals surface area contributed by atoms with E-state index in [-0.39, 0.29) is 0 Å². The van der Waals surface area contributed by atoms with Crippen molar-refractivity contribution in [2.45, 2.75) is 19.4 Å². The first-order valence-corrected chi connectivity index (χ1v) is 6.50. The molecule has 1 aromatic carbocycles. The van der Waals surface area contributed by atoms with Crippen LogP contribution in [-0.2, 0) is 6.42 Å². The Balaban J connectivity index is 2.18. The number of pyridine rings is 1. The number of hydrogen-bond acceptors (Lipinski definition) is 3. The summed E-state index contributed by atoms with van der Waals surface area (Å²) in [7, 11) is 0. The number of aryl methyl sites for hydroxylation is 1. The lowest BCUT2D eigenvalue weighted by Gasteiger charge is -2.13. The van der Waals surface area contributed by atoms with Crippen molar-refractivity contribution in [1.29, 1.82) is 0 Å². The van der Waals surface area contributed by atoms with Gasteiger partial charge >= 0.3 is 0 Å². The molecule has 3 nitrogen and oxygen atoms in total. The molecule has 18 heavy (non-hydrogen) atoms. The molecule has 0 amide bonds. The lowest BCUT2D eigenvalue weighted by molar-refractivity contribution is 0.179. The number of nitrogens with zero attached hydrogens (tertiary/aromatic N) is 1. The predicted octanol–water partition coefficient (Wildman–Crippen LogP) is 3.01. The highest BCUT2D eigenvalue weighted by molar-refractivity contribution is 9.10. The molecule has 0 saturated carbocycles. The molecule has 1 unspecified atom stereocenters. The van der Waals surface area contributed by atoms with Gasteiger partial charge in [-0.15, -0.1) is 0 Å². The molecular weight excluding hydrogens is 292 g/mol. The number of aliphatic hydroxyl groups excluding tert-OH is 1. The minimum absolute atomic E-state index is 0.394. The maximum Gasteiger partial charge on any atom is 0.129 e. The summed E-state index contributed by atoms with van der Waals surface area (Å²) in [6.07, 6.45) is 1.60. The summed E-state index contributed by atoms with van der Waals surface area (Å²) >= 11 is 3.39. The van der Waals surface area contributed by atoms with Gasteiger partial charge in [-0.2, -0.15) is 0 Å². The zero-order chi connectivity index (χ0) is 13.1. The highest BCUT2D eigenvalue weighted by Crippen LogP contribution is 2.23. The van der Waals surface area contributed by atoms with Crippen molar-refractivity contribution in [3.05, 3.63) is 57.7 Å². The Kier molecular flexibility index (Phi) is 3.99. The molecule has 3 N–H and O–H groups in total. The number of aliphatic hydroxyl groups is 1. The van der Waals surface area contributed by atoms with Crippen LogP contribution >= 0.6 is 15.9 Å². The lowest BCUT2D eigenvalue weighted by atomic mass is 10.0. The van der Waals surface area contributed by atoms with Crippen LogP contribution in [0.5, 0.6) is 0 Å². The molecule has 2 rings (SSSR count). The number of nitrogens with two attached hydrogens (primary N) is 1. The molecule has 0 radical (unpaired) electrons. The second-order valence-electron chi connectivity index (χ2n) is 4.33. The van der Waals surface area contributed by atoms with Crippen molar-refractivity contribution in [3.63, 3.8) is 0 Å². The molecule has 0 aliphatic carbocycles. The maximum atomic E-state index is 10.2. The molecule has 0 aliphatic rings. The molecule has 1 aromatic heterocycles. The van der Waals surface area contributed by atoms with Gasteiger partial charge < -0.3 is 10.8 Å². The SMILES string of the molecule is Cc1cnc(N)c(C(O)Cc2ccc(Br)cc2)c1. The van der Waals surface area contributed by atoms with Crippen LogP contribution in [0.4, 0.5) is 5.82 Å². The fourth-order valence-corrected chi connectivity index (χ4v) is 2.09. The molecular formula is C14H15BrN2O. The zero-order valence-corrected chi connectivity index (χ0v) is 11.7. The summed E-state index contributed by atoms with van der Waals surface area (Å²) in [6.45, 7) is 1.93. The van der Waals surface area contributed by atoms with Crippen LogP contribution in [0, 0.1) is 6.92 Å². The maximum absolute atomic E-state index is 10.2. The second kappa shape index (κ2) is 5.50. The van der Waals surface area contributed by atoms with E-state index in [0.29, 0.717) is 17.8 Å². The van der Waals surface area contributed by atoms with Gasteiger partial charge in [-0.3, -0.25) is 0 Å². The van der Waals surface area contributed by atoms with E-state index in [1.165, 1.54) is 0 Å². The Morgan fingerprint density at radius 3 is 2.67 bits per heavy atom. The predicted molar refractivity (Wildman–Crippen MR) is 76.2 cm³/mol. The van der Waals surface area contributed by atoms with Gasteiger partial charge in [-0.25, -0.2) is 4.98 Å². The Morgan fingerprint density at radius 2 is 2.00 bits per heavy atom. The van der Waals surface area contributed by atoms with Gasteiger partial charge in [0, 0.05) is 22.7 Å². The van der Waals surface area contributed by atoms with E-state index in [2.05, 4.69) is 20.9 Å². The van der Waals surface area contributed by atoms with Crippen molar-refractivity contribution in [3.8, 4) is 0 Å². The average molecular weight is 307 g/mol. The number of benzene rings is 1. The van der Waals surface area contributed by atoms with E-state index in [0.717, 1.165) is 15.6 Å². The highest BCUT2D eigenvalue weighted by atomic mass is 79.9. The van der Waals surface area contributed by atoms with Gasteiger partial charge in [0.1, 0.15) is 5.82 Å². The zero-order valence-electron chi connectivity index (χ0n) is 10.1. The summed E-state index contributed by atoms with van der Waals surface area (Å²) in [5.74, 6) is 0.394. The Morgan fingerprint density at radius 1 is 1.33 bits per heavy atom. The minimum Gasteiger partial charge on any atom is -0.388 e. The normalized spacial score (nSPS) is 12.4. The van der Waals surface area contributed by atoms with Gasteiger partial charge in [0.15, 0.2) is 0 Å². The molecule has 2 aromatic rings. The van der Waals surface area contributed by atoms with E-state index in [9.17, 15) is 5.11 Å². The molecule has 0 bridgehead atoms. The molecule has 4 heteroatoms. The first kappa shape index (κ1) is 13.1. The van der Waals surface area contributed by atoms with Gasteiger partial charge in [0.2, 0.25) is 0 Å². The first-order chi connectivity index (χ1) is 8.56. The monoisotopic (exact) mass is 306 g/mol. The van der Waals surface area contributed by atoms with E-state index in [1.54, 1.807) is 6.20 Å². The highest BCUT2D eigenvalue weighted by Gasteiger charge is 2.13. The summed E-state index contributed by atoms with van der Waals surface area (Å²) < 4.78 is 1.03. The Hall–Kier alpha value is -1.39. The smallest absolute Gasteiger partial charge is 0.129 e. The first-order valence-electron chi connectivity index (χ1n) is 5.71. The number of rotatable bonds is 3. The fourth-order valence-electron chi connectivity index (χ4n) is 1.82. The van der Waals surface area contributed by atoms with Crippen LogP contribution in [0.2, 0.25) is 0 Å². The quantitative estimate of drug-likeness (QED) is 0.916. The average Bonchev–Trinajstić information content (AvgIpc) is 2.35. The number of anilines is 1. The lowest BCUT2D eigenvalue weighted by Crippen LogP contribution is -2.07. The fraction of sp³-hybridized carbons (Fsp3) is 0.214. The van der Waals surface area contributed by atoms with Crippen molar-refractivity contribution in [1.82, 2.24) is 4.98 Å². The van der Waals surface area contributed by atoms with Crippen LogP contribution in [0.25, 0.3) is 0 Å². The van der Waals surface area contributed by atoms with Crippen molar-refractivity contribution < 1.29 is 5.11 Å². The molecule has 0 aliphatic heterocycles. The minimum atomic E-state index is -0.626. The Labute approximate surface area is 115 Å². The summed E-state index contributed by atoms with van der Waals surface area (Å²) in [6, 6.07) is 9.76. The number of aromatic nitrogens is 1. The van der Waals surface area contributed by atoms with Crippen LogP contribution < -0.4 is 5.73 Å². The number of nitrogen functional groups attached to an aromatic ring is 1. The topological polar surface area (TPSA) is 59.1 Å². The van der Waals surface area contributed by atoms with E-state index >= 15 is 0 Å². The third-order valence-corrected chi connectivity index (χ3v) is 3.32. The van der Waals surface area contributed by atoms with Gasteiger partial charge in [0.25, 0.3) is 0 Å². The largest absolute Gasteiger partial charge is 0.388 e. The summed E-state index contributed by atoms with van der Waals surface area (Å²) in [5, 5.41) is 10.2. The van der Waals surface area contributed by atoms with E-state index in [4.69, 9.17) is 5.73 Å². The van der Waals surface area contributed by atoms with Crippen LogP contribution in [-0.4, -0.2) is 10.1 Å². The standard InChI is InChI=1S/C14H15BrN2O/c1-9-6-12(14(16)17-8-9)13(18)7-10-2-4-11(15)5-3-10/h2-6,8,13,18H,7H2,1H3,(H2,16,17). The third-order valence-electron chi connectivity index (χ3n) is 2.79. The molecule has 94 valence electrons. The van der Waals surface area contributed by atoms with Gasteiger partial charge in [-0.1, -0.05) is 28.1 Å². The van der Waals surface area contributed by atoms with Crippen LogP contribution in [0.3, 0.4) is 0 Å². The van der Waals surface area contributed by atoms with E-state index in [1.807, 2.05) is 37.3 Å². The van der Waals surface area contributed by atoms with Gasteiger partial charge in [-0.05, 0) is 36.2 Å². The van der Waals surface area contributed by atoms with Crippen LogP contribution in [0.15, 0.2) is 41.0 Å². The molecule has 0 saturated heterocycles. The number of hydrogen-bond donors (Lipinski definition) is 2. The summed E-state index contributed by atoms with van der Waals surface area (Å²) in [4.78, 5) is 4.07. The molecule has 0 spiro atoms.